The van der Waals surface area contributed by atoms with E-state index in [4.69, 9.17) is 10.5 Å². The number of anilines is 2. The van der Waals surface area contributed by atoms with Gasteiger partial charge in [0, 0.05) is 50.2 Å². The zero-order valence-corrected chi connectivity index (χ0v) is 44.8. The Morgan fingerprint density at radius 1 is 0.672 bits per heavy atom. The summed E-state index contributed by atoms with van der Waals surface area (Å²) in [6.07, 6.45) is 0. The Hall–Kier alpha value is -3.25. The molecule has 7 aromatic rings. The van der Waals surface area contributed by atoms with Crippen LogP contribution in [0.5, 0.6) is 17.2 Å². The summed E-state index contributed by atoms with van der Waals surface area (Å²) in [6, 6.07) is 30.0. The smallest absolute Gasteiger partial charge is 0.744 e. The number of hydrogen-bond donors (Lipinski definition) is 4. The number of ether oxygens (including phenoxy) is 1. The Balaban J connectivity index is 0.00000298. The summed E-state index contributed by atoms with van der Waals surface area (Å²) in [5.41, 5.74) is 8.97. The van der Waals surface area contributed by atoms with Crippen molar-refractivity contribution in [2.24, 2.45) is 30.7 Å². The number of phenolic OH excluding ortho intramolecular Hbond substituents is 2. The second kappa shape index (κ2) is 27.2. The van der Waals surface area contributed by atoms with Gasteiger partial charge in [0.05, 0.1) is 56.6 Å². The largest absolute Gasteiger partial charge is 1.00 e. The molecule has 0 aliphatic heterocycles. The normalized spacial score (nSPS) is 11.3. The Morgan fingerprint density at radius 2 is 1.30 bits per heavy atom. The molecule has 0 saturated heterocycles. The van der Waals surface area contributed by atoms with Crippen LogP contribution in [-0.2, 0) is 45.9 Å². The SMILES string of the molecule is Cc1cc(N=Nc2c(SOO[O-])cc3cc(NCOc4ccc(N)cc4)ccc3c2O)c(O)cc1N=Nc1ccc(N=Nc2ccc3cc(SOO[O-])cc(S(=O)(=O)[O-])c3c2)cc1.[Cu].[Na+].[Na+].[Na+]. The Labute approximate surface area is 467 Å². The van der Waals surface area contributed by atoms with Crippen LogP contribution in [0.4, 0.5) is 45.5 Å². The number of nitrogens with zero attached hydrogens (tertiary/aromatic N) is 6. The van der Waals surface area contributed by atoms with Crippen molar-refractivity contribution < 1.29 is 163 Å². The molecule has 1 radical (unpaired) electrons. The molecule has 67 heavy (non-hydrogen) atoms. The van der Waals surface area contributed by atoms with Gasteiger partial charge in [-0.1, -0.05) is 6.07 Å². The van der Waals surface area contributed by atoms with Gasteiger partial charge in [-0.3, -0.25) is 10.1 Å². The number of nitrogens with one attached hydrogen (secondary N) is 1. The first-order valence-electron chi connectivity index (χ1n) is 17.9. The van der Waals surface area contributed by atoms with Crippen molar-refractivity contribution in [3.63, 3.8) is 0 Å². The van der Waals surface area contributed by atoms with Crippen molar-refractivity contribution >= 4 is 101 Å². The molecular formula is C40H29CuN8Na3O12S3. The molecule has 27 heteroatoms. The van der Waals surface area contributed by atoms with Crippen molar-refractivity contribution in [3.8, 4) is 17.2 Å². The topological polar surface area (TPSA) is 302 Å². The predicted octanol–water partition coefficient (Wildman–Crippen LogP) is 0.364. The molecular weight excluding hydrogens is 1010 g/mol. The third-order valence-corrected chi connectivity index (χ3v) is 10.9. The Bertz CT molecular complexity index is 3020. The zero-order chi connectivity index (χ0) is 44.5. The summed E-state index contributed by atoms with van der Waals surface area (Å²) in [7, 11) is -4.92. The molecule has 0 atom stereocenters. The van der Waals surface area contributed by atoms with Crippen molar-refractivity contribution in [3.05, 3.63) is 121 Å². The maximum Gasteiger partial charge on any atom is 1.00 e. The van der Waals surface area contributed by atoms with E-state index >= 15 is 0 Å². The van der Waals surface area contributed by atoms with Crippen LogP contribution >= 0.6 is 24.1 Å². The molecule has 20 nitrogen and oxygen atoms in total. The zero-order valence-electron chi connectivity index (χ0n) is 35.4. The summed E-state index contributed by atoms with van der Waals surface area (Å²) in [6.45, 7) is 1.85. The molecule has 0 aromatic heterocycles. The fraction of sp³-hybridized carbons (Fsp3) is 0.0500. The average Bonchev–Trinajstić information content (AvgIpc) is 3.27. The van der Waals surface area contributed by atoms with Gasteiger partial charge in [0.2, 0.25) is 0 Å². The molecule has 0 unspecified atom stereocenters. The van der Waals surface area contributed by atoms with E-state index in [-0.39, 0.29) is 156 Å². The molecule has 5 N–H and O–H groups in total. The summed E-state index contributed by atoms with van der Waals surface area (Å²) in [4.78, 5) is -0.202. The molecule has 0 amide bonds. The number of rotatable bonds is 17. The van der Waals surface area contributed by atoms with Gasteiger partial charge < -0.3 is 41.1 Å². The molecule has 0 saturated carbocycles. The molecule has 0 bridgehead atoms. The van der Waals surface area contributed by atoms with Crippen LogP contribution in [0.3, 0.4) is 0 Å². The van der Waals surface area contributed by atoms with Crippen LogP contribution in [0.25, 0.3) is 21.5 Å². The quantitative estimate of drug-likeness (QED) is 0.0140. The molecule has 0 aliphatic carbocycles. The van der Waals surface area contributed by atoms with E-state index in [1.165, 1.54) is 30.3 Å². The van der Waals surface area contributed by atoms with Gasteiger partial charge in [0.15, 0.2) is 12.5 Å². The van der Waals surface area contributed by atoms with Gasteiger partial charge >= 0.3 is 88.7 Å². The minimum absolute atomic E-state index is 0. The molecule has 0 heterocycles. The van der Waals surface area contributed by atoms with E-state index in [9.17, 15) is 33.7 Å². The molecule has 7 rings (SSSR count). The first kappa shape index (κ1) is 58.1. The Kier molecular flexibility index (Phi) is 23.6. The summed E-state index contributed by atoms with van der Waals surface area (Å²) < 4.78 is 50.4. The van der Waals surface area contributed by atoms with Crippen LogP contribution < -0.4 is 115 Å². The molecule has 0 aliphatic rings. The van der Waals surface area contributed by atoms with Crippen molar-refractivity contribution in [1.29, 1.82) is 0 Å². The molecule has 0 spiro atoms. The van der Waals surface area contributed by atoms with Gasteiger partial charge in [-0.15, -0.1) is 10.2 Å². The minimum atomic E-state index is -4.92. The van der Waals surface area contributed by atoms with Crippen LogP contribution in [0.1, 0.15) is 5.56 Å². The third kappa shape index (κ3) is 15.6. The van der Waals surface area contributed by atoms with Gasteiger partial charge in [-0.25, -0.2) is 8.42 Å². The van der Waals surface area contributed by atoms with E-state index < -0.39 is 15.0 Å². The molecule has 7 aromatic carbocycles. The summed E-state index contributed by atoms with van der Waals surface area (Å²) >= 11 is 0.956. The van der Waals surface area contributed by atoms with Gasteiger partial charge in [0.1, 0.15) is 33.0 Å². The first-order valence-corrected chi connectivity index (χ1v) is 20.8. The number of fused-ring (bicyclic) bond motifs is 2. The van der Waals surface area contributed by atoms with Crippen LogP contribution in [0.2, 0.25) is 0 Å². The van der Waals surface area contributed by atoms with Crippen molar-refractivity contribution in [2.45, 2.75) is 21.6 Å². The van der Waals surface area contributed by atoms with Gasteiger partial charge in [0.25, 0.3) is 0 Å². The van der Waals surface area contributed by atoms with E-state index in [2.05, 4.69) is 54.7 Å². The van der Waals surface area contributed by atoms with E-state index in [1.807, 2.05) is 0 Å². The number of aromatic hydroxyl groups is 2. The number of nitrogen functional groups attached to an aromatic ring is 1. The summed E-state index contributed by atoms with van der Waals surface area (Å²) in [5.74, 6) is 0.0467. The minimum Gasteiger partial charge on any atom is -0.744 e. The number of hydrogen-bond acceptors (Lipinski definition) is 22. The van der Waals surface area contributed by atoms with Crippen LogP contribution in [-0.4, -0.2) is 29.9 Å². The number of nitrogens with two attached hydrogens (primary N) is 1. The van der Waals surface area contributed by atoms with Crippen molar-refractivity contribution in [1.82, 2.24) is 0 Å². The number of phenols is 2. The van der Waals surface area contributed by atoms with Crippen LogP contribution in [0.15, 0.2) is 161 Å². The monoisotopic (exact) mass is 1040 g/mol. The number of aryl methyl sites for hydroxylation is 1. The molecule has 0 fully saturated rings. The number of benzene rings is 7. The van der Waals surface area contributed by atoms with Gasteiger partial charge in [-0.05, 0) is 126 Å². The predicted molar refractivity (Wildman–Crippen MR) is 225 cm³/mol. The van der Waals surface area contributed by atoms with Crippen LogP contribution in [0, 0.1) is 6.92 Å². The van der Waals surface area contributed by atoms with E-state index in [0.29, 0.717) is 80.0 Å². The number of azo groups is 3. The second-order valence-corrected chi connectivity index (χ2v) is 15.9. The summed E-state index contributed by atoms with van der Waals surface area (Å²) in [5, 5.41) is 79.6. The average molecular weight is 1040 g/mol. The second-order valence-electron chi connectivity index (χ2n) is 13.0. The van der Waals surface area contributed by atoms with E-state index in [1.54, 1.807) is 85.8 Å². The fourth-order valence-corrected chi connectivity index (χ4v) is 7.60. The van der Waals surface area contributed by atoms with Crippen molar-refractivity contribution in [2.75, 3.05) is 17.8 Å². The maximum absolute atomic E-state index is 12.0. The fourth-order valence-electron chi connectivity index (χ4n) is 5.87. The van der Waals surface area contributed by atoms with E-state index in [0.717, 1.165) is 6.07 Å². The maximum atomic E-state index is 12.0. The first-order chi connectivity index (χ1) is 30.4. The standard InChI is InChI=1S/C40H32N8O12S3.Cu.3Na/c1-22-14-35(47-48-39-37(62-60-58-52)17-24-15-28(10-13-32(24)40(39)50)42-21-56-30-11-3-25(41)4-12-30)36(49)20-34(22)46-44-27-8-6-26(7-9-27)43-45-29-5-2-23-16-31(61-59-57-51)19-38(33(23)18-29)63(53,54)55;;;;/h2-20,42,49-52H,21,41H2,1H3,(H,53,54,55);;;;/q;;3*+1/p-3. The molecule has 333 valence electrons. The third-order valence-electron chi connectivity index (χ3n) is 8.85. The Morgan fingerprint density at radius 3 is 1.97 bits per heavy atom. The van der Waals surface area contributed by atoms with Gasteiger partial charge in [-0.2, -0.15) is 29.1 Å².